The molecule has 0 aromatic heterocycles. The lowest BCUT2D eigenvalue weighted by Crippen LogP contribution is -2.66. The summed E-state index contributed by atoms with van der Waals surface area (Å²) < 4.78 is 0. The van der Waals surface area contributed by atoms with Crippen LogP contribution in [-0.2, 0) is 0 Å². The molecule has 3 aliphatic carbocycles. The van der Waals surface area contributed by atoms with Crippen molar-refractivity contribution in [3.63, 3.8) is 0 Å². The van der Waals surface area contributed by atoms with Crippen LogP contribution in [0.3, 0.4) is 0 Å². The van der Waals surface area contributed by atoms with Gasteiger partial charge in [0, 0.05) is 32.1 Å². The van der Waals surface area contributed by atoms with Gasteiger partial charge in [-0.15, -0.1) is 0 Å². The topological polar surface area (TPSA) is 23.6 Å². The molecule has 1 heterocycles. The van der Waals surface area contributed by atoms with E-state index in [2.05, 4.69) is 9.80 Å². The Balaban J connectivity index is 1.74. The van der Waals surface area contributed by atoms with Crippen molar-refractivity contribution in [2.24, 2.45) is 23.7 Å². The smallest absolute Gasteiger partial charge is 0.320 e. The highest BCUT2D eigenvalue weighted by Gasteiger charge is 2.56. The molecule has 0 radical (unpaired) electrons. The second-order valence-corrected chi connectivity index (χ2v) is 7.05. The first-order chi connectivity index (χ1) is 8.68. The van der Waals surface area contributed by atoms with E-state index in [1.807, 2.05) is 14.1 Å². The van der Waals surface area contributed by atoms with Gasteiger partial charge in [0.2, 0.25) is 0 Å². The number of carbonyl (C=O) groups excluding carboxylic acids is 1. The highest BCUT2D eigenvalue weighted by molar-refractivity contribution is 5.75. The van der Waals surface area contributed by atoms with Gasteiger partial charge >= 0.3 is 6.03 Å². The lowest BCUT2D eigenvalue weighted by molar-refractivity contribution is -0.0559. The van der Waals surface area contributed by atoms with E-state index in [1.165, 1.54) is 38.5 Å². The zero-order valence-electron chi connectivity index (χ0n) is 11.5. The van der Waals surface area contributed by atoms with Gasteiger partial charge in [0.15, 0.2) is 0 Å². The fourth-order valence-electron chi connectivity index (χ4n) is 5.86. The maximum absolute atomic E-state index is 12.3. The van der Waals surface area contributed by atoms with Crippen molar-refractivity contribution < 1.29 is 4.79 Å². The highest BCUT2D eigenvalue weighted by Crippen LogP contribution is 2.57. The maximum atomic E-state index is 12.3. The van der Waals surface area contributed by atoms with Gasteiger partial charge < -0.3 is 9.80 Å². The van der Waals surface area contributed by atoms with Gasteiger partial charge in [-0.25, -0.2) is 4.79 Å². The number of carbonyl (C=O) groups is 1. The Morgan fingerprint density at radius 2 is 1.22 bits per heavy atom. The van der Waals surface area contributed by atoms with Crippen LogP contribution in [0.4, 0.5) is 4.79 Å². The molecule has 1 saturated heterocycles. The third-order valence-corrected chi connectivity index (χ3v) is 6.59. The summed E-state index contributed by atoms with van der Waals surface area (Å²) in [6.45, 7) is 0. The van der Waals surface area contributed by atoms with Crippen molar-refractivity contribution in [1.29, 1.82) is 0 Å². The molecule has 0 aromatic carbocycles. The molecule has 1 aliphatic heterocycles. The molecular formula is C15H24N2O. The van der Waals surface area contributed by atoms with Crippen LogP contribution in [0.5, 0.6) is 0 Å². The van der Waals surface area contributed by atoms with Crippen LogP contribution in [0.2, 0.25) is 0 Å². The van der Waals surface area contributed by atoms with Crippen LogP contribution < -0.4 is 0 Å². The summed E-state index contributed by atoms with van der Waals surface area (Å²) in [5, 5.41) is 0. The number of urea groups is 1. The van der Waals surface area contributed by atoms with Crippen LogP contribution in [0.15, 0.2) is 0 Å². The Morgan fingerprint density at radius 1 is 0.778 bits per heavy atom. The van der Waals surface area contributed by atoms with E-state index < -0.39 is 0 Å². The normalized spacial score (nSPS) is 50.4. The zero-order chi connectivity index (χ0) is 12.4. The third kappa shape index (κ3) is 1.23. The van der Waals surface area contributed by atoms with Crippen molar-refractivity contribution in [3.8, 4) is 0 Å². The van der Waals surface area contributed by atoms with Crippen LogP contribution in [0, 0.1) is 23.7 Å². The van der Waals surface area contributed by atoms with Gasteiger partial charge in [0.1, 0.15) is 0 Å². The molecule has 3 saturated carbocycles. The SMILES string of the molecule is CN1C(=O)N(C)C2CCC3CCC4CCC1C2C43. The summed E-state index contributed by atoms with van der Waals surface area (Å²) >= 11 is 0. The molecule has 0 aromatic rings. The van der Waals surface area contributed by atoms with Gasteiger partial charge in [-0.3, -0.25) is 0 Å². The van der Waals surface area contributed by atoms with Crippen molar-refractivity contribution in [1.82, 2.24) is 9.80 Å². The molecule has 0 bridgehead atoms. The second kappa shape index (κ2) is 3.64. The molecular weight excluding hydrogens is 224 g/mol. The predicted octanol–water partition coefficient (Wildman–Crippen LogP) is 2.57. The summed E-state index contributed by atoms with van der Waals surface area (Å²) in [4.78, 5) is 16.4. The average molecular weight is 248 g/mol. The fraction of sp³-hybridized carbons (Fsp3) is 0.933. The fourth-order valence-corrected chi connectivity index (χ4v) is 5.86. The molecule has 0 N–H and O–H groups in total. The van der Waals surface area contributed by atoms with Gasteiger partial charge in [0.05, 0.1) is 0 Å². The number of hydrogen-bond donors (Lipinski definition) is 0. The Hall–Kier alpha value is -0.730. The van der Waals surface area contributed by atoms with E-state index >= 15 is 0 Å². The summed E-state index contributed by atoms with van der Waals surface area (Å²) in [5.74, 6) is 3.67. The summed E-state index contributed by atoms with van der Waals surface area (Å²) in [6, 6.07) is 1.35. The Kier molecular flexibility index (Phi) is 2.25. The molecule has 18 heavy (non-hydrogen) atoms. The van der Waals surface area contributed by atoms with E-state index in [1.54, 1.807) is 0 Å². The summed E-state index contributed by atoms with van der Waals surface area (Å²) in [7, 11) is 4.05. The number of rotatable bonds is 0. The molecule has 0 spiro atoms. The number of hydrogen-bond acceptors (Lipinski definition) is 1. The van der Waals surface area contributed by atoms with Gasteiger partial charge in [-0.2, -0.15) is 0 Å². The second-order valence-electron chi connectivity index (χ2n) is 7.05. The molecule has 3 heteroatoms. The minimum absolute atomic E-state index is 0.260. The first kappa shape index (κ1) is 11.1. The quantitative estimate of drug-likeness (QED) is 0.646. The van der Waals surface area contributed by atoms with Crippen molar-refractivity contribution >= 4 is 6.03 Å². The summed E-state index contributed by atoms with van der Waals surface area (Å²) in [6.07, 6.45) is 8.18. The first-order valence-electron chi connectivity index (χ1n) is 7.68. The Morgan fingerprint density at radius 3 is 1.72 bits per heavy atom. The van der Waals surface area contributed by atoms with E-state index in [4.69, 9.17) is 0 Å². The van der Waals surface area contributed by atoms with Crippen LogP contribution in [0.25, 0.3) is 0 Å². The lowest BCUT2D eigenvalue weighted by atomic mass is 9.59. The molecule has 4 atom stereocenters. The van der Waals surface area contributed by atoms with Crippen LogP contribution in [0.1, 0.15) is 38.5 Å². The van der Waals surface area contributed by atoms with Crippen LogP contribution >= 0.6 is 0 Å². The van der Waals surface area contributed by atoms with E-state index in [9.17, 15) is 4.79 Å². The predicted molar refractivity (Wildman–Crippen MR) is 70.2 cm³/mol. The minimum atomic E-state index is 0.260. The van der Waals surface area contributed by atoms with Crippen molar-refractivity contribution in [3.05, 3.63) is 0 Å². The van der Waals surface area contributed by atoms with Crippen molar-refractivity contribution in [2.75, 3.05) is 14.1 Å². The molecule has 4 aliphatic rings. The third-order valence-electron chi connectivity index (χ3n) is 6.59. The molecule has 4 rings (SSSR count). The number of amides is 2. The van der Waals surface area contributed by atoms with E-state index in [0.29, 0.717) is 12.1 Å². The van der Waals surface area contributed by atoms with Gasteiger partial charge in [0.25, 0.3) is 0 Å². The summed E-state index contributed by atoms with van der Waals surface area (Å²) in [5.41, 5.74) is 0. The first-order valence-corrected chi connectivity index (χ1v) is 7.68. The Bertz CT molecular complexity index is 351. The van der Waals surface area contributed by atoms with Crippen LogP contribution in [-0.4, -0.2) is 42.0 Å². The standard InChI is InChI=1S/C15H24N2O/c1-16-11-7-5-9-3-4-10-6-8-12(14(11)13(9)10)17(2)15(16)18/h9-14H,3-8H2,1-2H3. The minimum Gasteiger partial charge on any atom is -0.324 e. The van der Waals surface area contributed by atoms with Gasteiger partial charge in [-0.1, -0.05) is 0 Å². The monoisotopic (exact) mass is 248 g/mol. The highest BCUT2D eigenvalue weighted by atomic mass is 16.2. The largest absolute Gasteiger partial charge is 0.324 e. The molecule has 4 fully saturated rings. The Labute approximate surface area is 110 Å². The molecule has 3 nitrogen and oxygen atoms in total. The molecule has 100 valence electrons. The zero-order valence-corrected chi connectivity index (χ0v) is 11.5. The van der Waals surface area contributed by atoms with E-state index in [0.717, 1.165) is 23.7 Å². The maximum Gasteiger partial charge on any atom is 0.320 e. The average Bonchev–Trinajstić information content (AvgIpc) is 2.81. The number of nitrogens with zero attached hydrogens (tertiary/aromatic N) is 2. The molecule has 2 amide bonds. The molecule has 4 unspecified atom stereocenters. The van der Waals surface area contributed by atoms with Gasteiger partial charge in [-0.05, 0) is 56.3 Å². The van der Waals surface area contributed by atoms with Crippen molar-refractivity contribution in [2.45, 2.75) is 50.6 Å². The lowest BCUT2D eigenvalue weighted by Gasteiger charge is -2.58. The van der Waals surface area contributed by atoms with E-state index in [-0.39, 0.29) is 6.03 Å².